The number of rotatable bonds is 6. The standard InChI is InChI=1S/C16H26F3N5S.HI/c1-12-5-3-7-24(10-12)8-4-6-21-15(20-2)22-9-14-23-13(11-25-14)16(17,18)19;/h11-12H,3-10H2,1-2H3,(H2,20,21,22);1H. The number of piperidine rings is 1. The van der Waals surface area contributed by atoms with E-state index in [1.165, 1.54) is 25.9 Å². The molecule has 1 atom stereocenters. The fourth-order valence-corrected chi connectivity index (χ4v) is 3.64. The van der Waals surface area contributed by atoms with Crippen LogP contribution < -0.4 is 10.6 Å². The number of hydrogen-bond donors (Lipinski definition) is 2. The molecule has 2 heterocycles. The highest BCUT2D eigenvalue weighted by Gasteiger charge is 2.33. The second kappa shape index (κ2) is 11.3. The van der Waals surface area contributed by atoms with Gasteiger partial charge in [0.25, 0.3) is 0 Å². The van der Waals surface area contributed by atoms with Crippen molar-refractivity contribution in [3.63, 3.8) is 0 Å². The monoisotopic (exact) mass is 505 g/mol. The van der Waals surface area contributed by atoms with E-state index in [-0.39, 0.29) is 30.5 Å². The molecule has 1 fully saturated rings. The summed E-state index contributed by atoms with van der Waals surface area (Å²) in [5.74, 6) is 1.35. The Bertz CT molecular complexity index is 564. The van der Waals surface area contributed by atoms with Crippen LogP contribution in [0.15, 0.2) is 10.4 Å². The molecule has 1 aliphatic rings. The lowest BCUT2D eigenvalue weighted by molar-refractivity contribution is -0.140. The molecule has 0 saturated carbocycles. The van der Waals surface area contributed by atoms with Gasteiger partial charge in [0, 0.05) is 25.5 Å². The molecule has 0 aromatic carbocycles. The van der Waals surface area contributed by atoms with Gasteiger partial charge in [0.2, 0.25) is 0 Å². The second-order valence-electron chi connectivity index (χ2n) is 6.38. The molecule has 1 saturated heterocycles. The van der Waals surface area contributed by atoms with Crippen LogP contribution in [0, 0.1) is 5.92 Å². The van der Waals surface area contributed by atoms with Gasteiger partial charge in [0.05, 0.1) is 6.54 Å². The van der Waals surface area contributed by atoms with Gasteiger partial charge in [0.15, 0.2) is 11.7 Å². The molecular weight excluding hydrogens is 478 g/mol. The molecule has 1 aromatic rings. The van der Waals surface area contributed by atoms with Crippen molar-refractivity contribution in [1.29, 1.82) is 0 Å². The largest absolute Gasteiger partial charge is 0.434 e. The number of hydrogen-bond acceptors (Lipinski definition) is 4. The zero-order valence-corrected chi connectivity index (χ0v) is 18.3. The molecular formula is C16H27F3IN5S. The lowest BCUT2D eigenvalue weighted by Gasteiger charge is -2.30. The molecule has 2 N–H and O–H groups in total. The Labute approximate surface area is 173 Å². The highest BCUT2D eigenvalue weighted by molar-refractivity contribution is 14.0. The summed E-state index contributed by atoms with van der Waals surface area (Å²) >= 11 is 0.993. The molecule has 1 aromatic heterocycles. The van der Waals surface area contributed by atoms with E-state index in [0.717, 1.165) is 42.1 Å². The number of guanidine groups is 1. The maximum Gasteiger partial charge on any atom is 0.434 e. The van der Waals surface area contributed by atoms with Gasteiger partial charge in [-0.3, -0.25) is 4.99 Å². The Hall–Kier alpha value is -0.620. The number of aromatic nitrogens is 1. The second-order valence-corrected chi connectivity index (χ2v) is 7.32. The fraction of sp³-hybridized carbons (Fsp3) is 0.750. The van der Waals surface area contributed by atoms with Crippen LogP contribution in [-0.4, -0.2) is 49.1 Å². The molecule has 0 aliphatic carbocycles. The number of likely N-dealkylation sites (tertiary alicyclic amines) is 1. The predicted octanol–water partition coefficient (Wildman–Crippen LogP) is 3.57. The first-order valence-corrected chi connectivity index (χ1v) is 9.45. The lowest BCUT2D eigenvalue weighted by Crippen LogP contribution is -2.39. The van der Waals surface area contributed by atoms with Crippen LogP contribution in [0.4, 0.5) is 13.2 Å². The summed E-state index contributed by atoms with van der Waals surface area (Å²) in [6.45, 7) is 6.68. The average molecular weight is 505 g/mol. The van der Waals surface area contributed by atoms with Crippen molar-refractivity contribution < 1.29 is 13.2 Å². The summed E-state index contributed by atoms with van der Waals surface area (Å²) in [5.41, 5.74) is -0.840. The van der Waals surface area contributed by atoms with Gasteiger partial charge in [-0.05, 0) is 38.3 Å². The van der Waals surface area contributed by atoms with E-state index in [4.69, 9.17) is 0 Å². The molecule has 26 heavy (non-hydrogen) atoms. The summed E-state index contributed by atoms with van der Waals surface area (Å²) in [6, 6.07) is 0. The van der Waals surface area contributed by atoms with Crippen molar-refractivity contribution in [3.05, 3.63) is 16.1 Å². The molecule has 0 bridgehead atoms. The van der Waals surface area contributed by atoms with Gasteiger partial charge in [-0.25, -0.2) is 4.98 Å². The van der Waals surface area contributed by atoms with Crippen molar-refractivity contribution in [3.8, 4) is 0 Å². The minimum Gasteiger partial charge on any atom is -0.356 e. The topological polar surface area (TPSA) is 52.6 Å². The number of thiazole rings is 1. The number of aliphatic imine (C=N–C) groups is 1. The Morgan fingerprint density at radius 2 is 2.19 bits per heavy atom. The van der Waals surface area contributed by atoms with E-state index < -0.39 is 11.9 Å². The van der Waals surface area contributed by atoms with Crippen molar-refractivity contribution in [1.82, 2.24) is 20.5 Å². The molecule has 2 rings (SSSR count). The highest BCUT2D eigenvalue weighted by Crippen LogP contribution is 2.29. The summed E-state index contributed by atoms with van der Waals surface area (Å²) in [5, 5.41) is 7.62. The zero-order valence-electron chi connectivity index (χ0n) is 15.1. The molecule has 150 valence electrons. The number of nitrogens with one attached hydrogen (secondary N) is 2. The Kier molecular flexibility index (Phi) is 10.2. The quantitative estimate of drug-likeness (QED) is 0.269. The van der Waals surface area contributed by atoms with E-state index >= 15 is 0 Å². The fourth-order valence-electron chi connectivity index (χ4n) is 2.90. The van der Waals surface area contributed by atoms with Crippen LogP contribution in [0.3, 0.4) is 0 Å². The molecule has 0 amide bonds. The average Bonchev–Trinajstić information content (AvgIpc) is 3.03. The first kappa shape index (κ1) is 23.4. The van der Waals surface area contributed by atoms with Gasteiger partial charge in [-0.1, -0.05) is 6.92 Å². The Morgan fingerprint density at radius 3 is 2.81 bits per heavy atom. The smallest absolute Gasteiger partial charge is 0.356 e. The van der Waals surface area contributed by atoms with Gasteiger partial charge >= 0.3 is 6.18 Å². The summed E-state index contributed by atoms with van der Waals surface area (Å²) in [4.78, 5) is 10.2. The molecule has 10 heteroatoms. The predicted molar refractivity (Wildman–Crippen MR) is 110 cm³/mol. The van der Waals surface area contributed by atoms with E-state index in [0.29, 0.717) is 11.0 Å². The van der Waals surface area contributed by atoms with E-state index in [9.17, 15) is 13.2 Å². The van der Waals surface area contributed by atoms with Crippen molar-refractivity contribution in [2.24, 2.45) is 10.9 Å². The molecule has 0 radical (unpaired) electrons. The van der Waals surface area contributed by atoms with E-state index in [1.54, 1.807) is 7.05 Å². The normalized spacial score (nSPS) is 19.1. The van der Waals surface area contributed by atoms with Gasteiger partial charge in [0.1, 0.15) is 5.01 Å². The summed E-state index contributed by atoms with van der Waals surface area (Å²) in [6.07, 6.45) is -0.798. The van der Waals surface area contributed by atoms with Gasteiger partial charge in [-0.15, -0.1) is 35.3 Å². The van der Waals surface area contributed by atoms with Gasteiger partial charge < -0.3 is 15.5 Å². The maximum atomic E-state index is 12.5. The van der Waals surface area contributed by atoms with Crippen molar-refractivity contribution in [2.45, 2.75) is 38.9 Å². The molecule has 5 nitrogen and oxygen atoms in total. The summed E-state index contributed by atoms with van der Waals surface area (Å²) < 4.78 is 37.6. The van der Waals surface area contributed by atoms with Crippen LogP contribution in [0.2, 0.25) is 0 Å². The number of halogens is 4. The first-order valence-electron chi connectivity index (χ1n) is 8.57. The third kappa shape index (κ3) is 7.95. The van der Waals surface area contributed by atoms with Crippen LogP contribution in [0.5, 0.6) is 0 Å². The zero-order chi connectivity index (χ0) is 18.3. The van der Waals surface area contributed by atoms with Crippen LogP contribution >= 0.6 is 35.3 Å². The van der Waals surface area contributed by atoms with E-state index in [2.05, 4.69) is 32.4 Å². The minimum atomic E-state index is -4.39. The Balaban J connectivity index is 0.00000338. The molecule has 1 aliphatic heterocycles. The minimum absolute atomic E-state index is 0. The maximum absolute atomic E-state index is 12.5. The third-order valence-electron chi connectivity index (χ3n) is 4.16. The SMILES string of the molecule is CN=C(NCCCN1CCCC(C)C1)NCc1nc(C(F)(F)F)cs1.I. The lowest BCUT2D eigenvalue weighted by atomic mass is 10.0. The number of alkyl halides is 3. The van der Waals surface area contributed by atoms with Gasteiger partial charge in [-0.2, -0.15) is 13.2 Å². The highest BCUT2D eigenvalue weighted by atomic mass is 127. The van der Waals surface area contributed by atoms with E-state index in [1.807, 2.05) is 0 Å². The van der Waals surface area contributed by atoms with Crippen LogP contribution in [-0.2, 0) is 12.7 Å². The van der Waals surface area contributed by atoms with Crippen molar-refractivity contribution >= 4 is 41.3 Å². The summed E-state index contributed by atoms with van der Waals surface area (Å²) in [7, 11) is 1.64. The molecule has 0 spiro atoms. The Morgan fingerprint density at radius 1 is 1.42 bits per heavy atom. The number of nitrogens with zero attached hydrogens (tertiary/aromatic N) is 3. The van der Waals surface area contributed by atoms with Crippen molar-refractivity contribution in [2.75, 3.05) is 33.2 Å². The van der Waals surface area contributed by atoms with Crippen LogP contribution in [0.25, 0.3) is 0 Å². The first-order chi connectivity index (χ1) is 11.9. The molecule has 1 unspecified atom stereocenters. The third-order valence-corrected chi connectivity index (χ3v) is 5.01. The van der Waals surface area contributed by atoms with Crippen LogP contribution in [0.1, 0.15) is 36.9 Å².